The summed E-state index contributed by atoms with van der Waals surface area (Å²) in [6.45, 7) is 0.708. The molecular weight excluding hydrogens is 378 g/mol. The molecule has 5 nitrogen and oxygen atoms in total. The number of carbonyl (C=O) groups is 1. The number of carbonyl (C=O) groups excluding carboxylic acids is 1. The van der Waals surface area contributed by atoms with Gasteiger partial charge in [0.1, 0.15) is 11.6 Å². The summed E-state index contributed by atoms with van der Waals surface area (Å²) < 4.78 is 32.4. The highest BCUT2D eigenvalue weighted by Gasteiger charge is 2.25. The minimum Gasteiger partial charge on any atom is -0.389 e. The zero-order chi connectivity index (χ0) is 20.4. The van der Waals surface area contributed by atoms with Crippen LogP contribution in [0.2, 0.25) is 0 Å². The summed E-state index contributed by atoms with van der Waals surface area (Å²) in [6, 6.07) is 10.2. The van der Waals surface area contributed by atoms with Gasteiger partial charge in [0.05, 0.1) is 18.8 Å². The van der Waals surface area contributed by atoms with Crippen molar-refractivity contribution in [3.63, 3.8) is 0 Å². The Bertz CT molecular complexity index is 1020. The Kier molecular flexibility index (Phi) is 5.60. The number of aliphatic hydroxyl groups excluding tert-OH is 1. The number of H-pyrrole nitrogens is 1. The Hall–Kier alpha value is -2.77. The molecule has 0 spiro atoms. The molecule has 1 aliphatic heterocycles. The summed E-state index contributed by atoms with van der Waals surface area (Å²) in [7, 11) is 0. The maximum atomic E-state index is 13.8. The first kappa shape index (κ1) is 19.5. The van der Waals surface area contributed by atoms with Crippen molar-refractivity contribution in [3.8, 4) is 11.3 Å². The van der Waals surface area contributed by atoms with Crippen molar-refractivity contribution in [1.82, 2.24) is 10.3 Å². The third-order valence-electron chi connectivity index (χ3n) is 5.28. The number of rotatable bonds is 5. The maximum Gasteiger partial charge on any atom is 0.220 e. The van der Waals surface area contributed by atoms with Crippen LogP contribution in [0.4, 0.5) is 8.78 Å². The minimum absolute atomic E-state index is 0.182. The highest BCUT2D eigenvalue weighted by Crippen LogP contribution is 2.32. The van der Waals surface area contributed by atoms with Gasteiger partial charge >= 0.3 is 0 Å². The number of aromatic nitrogens is 1. The Morgan fingerprint density at radius 1 is 1.17 bits per heavy atom. The number of aryl methyl sites for hydroxylation is 1. The molecule has 1 aromatic heterocycles. The van der Waals surface area contributed by atoms with E-state index in [2.05, 4.69) is 10.3 Å². The third-order valence-corrected chi connectivity index (χ3v) is 5.28. The first-order valence-corrected chi connectivity index (χ1v) is 9.62. The quantitative estimate of drug-likeness (QED) is 0.615. The zero-order valence-electron chi connectivity index (χ0n) is 15.8. The molecule has 3 N–H and O–H groups in total. The lowest BCUT2D eigenvalue weighted by molar-refractivity contribution is -0.124. The average Bonchev–Trinajstić information content (AvgIpc) is 3.06. The Morgan fingerprint density at radius 3 is 2.69 bits per heavy atom. The minimum atomic E-state index is -0.718. The summed E-state index contributed by atoms with van der Waals surface area (Å²) in [6.07, 6.45) is 0.402. The SMILES string of the molecule is O=C(CCc1c(-c2ccc(F)cc2)[nH]c2ccc(F)cc12)N[C@@H]1CCOC[C@H]1O. The monoisotopic (exact) mass is 400 g/mol. The molecule has 0 radical (unpaired) electrons. The van der Waals surface area contributed by atoms with Gasteiger partial charge in [-0.1, -0.05) is 0 Å². The van der Waals surface area contributed by atoms with Crippen molar-refractivity contribution in [3.05, 3.63) is 59.7 Å². The number of fused-ring (bicyclic) bond motifs is 1. The molecule has 2 aromatic carbocycles. The van der Waals surface area contributed by atoms with Gasteiger partial charge < -0.3 is 20.1 Å². The van der Waals surface area contributed by atoms with E-state index in [1.54, 1.807) is 18.2 Å². The molecule has 2 atom stereocenters. The second-order valence-electron chi connectivity index (χ2n) is 7.28. The lowest BCUT2D eigenvalue weighted by Crippen LogP contribution is -2.48. The van der Waals surface area contributed by atoms with E-state index >= 15 is 0 Å². The summed E-state index contributed by atoms with van der Waals surface area (Å²) in [5, 5.41) is 13.5. The topological polar surface area (TPSA) is 74.4 Å². The van der Waals surface area contributed by atoms with Gasteiger partial charge in [0.15, 0.2) is 0 Å². The Labute approximate surface area is 166 Å². The molecule has 1 amide bonds. The first-order valence-electron chi connectivity index (χ1n) is 9.62. The smallest absolute Gasteiger partial charge is 0.220 e. The van der Waals surface area contributed by atoms with Crippen LogP contribution < -0.4 is 5.32 Å². The number of benzene rings is 2. The molecule has 4 rings (SSSR count). The molecule has 0 aliphatic carbocycles. The van der Waals surface area contributed by atoms with E-state index in [0.717, 1.165) is 22.3 Å². The van der Waals surface area contributed by atoms with Crippen molar-refractivity contribution < 1.29 is 23.4 Å². The van der Waals surface area contributed by atoms with Crippen LogP contribution in [0.3, 0.4) is 0 Å². The first-order chi connectivity index (χ1) is 14.0. The molecule has 1 fully saturated rings. The molecule has 1 saturated heterocycles. The normalized spacial score (nSPS) is 19.4. The van der Waals surface area contributed by atoms with Crippen LogP contribution in [-0.4, -0.2) is 41.4 Å². The average molecular weight is 400 g/mol. The van der Waals surface area contributed by atoms with E-state index < -0.39 is 6.10 Å². The van der Waals surface area contributed by atoms with Gasteiger partial charge in [0.2, 0.25) is 5.91 Å². The number of hydrogen-bond donors (Lipinski definition) is 3. The Balaban J connectivity index is 1.58. The van der Waals surface area contributed by atoms with E-state index in [-0.39, 0.29) is 36.6 Å². The van der Waals surface area contributed by atoms with Crippen LogP contribution in [-0.2, 0) is 16.0 Å². The molecule has 152 valence electrons. The lowest BCUT2D eigenvalue weighted by Gasteiger charge is -2.28. The number of amides is 1. The fourth-order valence-corrected chi connectivity index (χ4v) is 3.75. The van der Waals surface area contributed by atoms with Crippen molar-refractivity contribution in [1.29, 1.82) is 0 Å². The van der Waals surface area contributed by atoms with Crippen molar-refractivity contribution in [2.24, 2.45) is 0 Å². The number of nitrogens with one attached hydrogen (secondary N) is 2. The highest BCUT2D eigenvalue weighted by atomic mass is 19.1. The summed E-state index contributed by atoms with van der Waals surface area (Å²) >= 11 is 0. The van der Waals surface area contributed by atoms with Gasteiger partial charge in [-0.15, -0.1) is 0 Å². The number of halogens is 2. The van der Waals surface area contributed by atoms with E-state index in [4.69, 9.17) is 4.74 Å². The number of aromatic amines is 1. The van der Waals surface area contributed by atoms with E-state index in [9.17, 15) is 18.7 Å². The fraction of sp³-hybridized carbons (Fsp3) is 0.318. The zero-order valence-corrected chi connectivity index (χ0v) is 15.8. The molecule has 2 heterocycles. The van der Waals surface area contributed by atoms with Gasteiger partial charge in [-0.2, -0.15) is 0 Å². The molecule has 0 bridgehead atoms. The molecular formula is C22H22F2N2O3. The lowest BCUT2D eigenvalue weighted by atomic mass is 10.0. The standard InChI is InChI=1S/C22H22F2N2O3/c23-14-3-1-13(2-4-14)22-16(17-11-15(24)5-7-18(17)26-22)6-8-21(28)25-19-9-10-29-12-20(19)27/h1-5,7,11,19-20,26-27H,6,8-10,12H2,(H,25,28)/t19-,20-/m1/s1. The third kappa shape index (κ3) is 4.31. The summed E-state index contributed by atoms with van der Waals surface area (Å²) in [5.41, 5.74) is 3.05. The van der Waals surface area contributed by atoms with Crippen LogP contribution in [0, 0.1) is 11.6 Å². The van der Waals surface area contributed by atoms with Crippen LogP contribution in [0.15, 0.2) is 42.5 Å². The van der Waals surface area contributed by atoms with Crippen LogP contribution >= 0.6 is 0 Å². The van der Waals surface area contributed by atoms with Crippen LogP contribution in [0.1, 0.15) is 18.4 Å². The second-order valence-corrected chi connectivity index (χ2v) is 7.28. The number of aliphatic hydroxyl groups is 1. The number of hydrogen-bond acceptors (Lipinski definition) is 3. The van der Waals surface area contributed by atoms with Crippen LogP contribution in [0.5, 0.6) is 0 Å². The number of ether oxygens (including phenoxy) is 1. The van der Waals surface area contributed by atoms with Gasteiger partial charge in [0.25, 0.3) is 0 Å². The maximum absolute atomic E-state index is 13.8. The van der Waals surface area contributed by atoms with Gasteiger partial charge in [0, 0.05) is 29.6 Å². The molecule has 3 aromatic rings. The molecule has 7 heteroatoms. The van der Waals surface area contributed by atoms with Gasteiger partial charge in [-0.05, 0) is 66.4 Å². The van der Waals surface area contributed by atoms with E-state index in [1.165, 1.54) is 24.3 Å². The van der Waals surface area contributed by atoms with E-state index in [0.29, 0.717) is 24.8 Å². The second kappa shape index (κ2) is 8.31. The summed E-state index contributed by atoms with van der Waals surface area (Å²) in [4.78, 5) is 15.7. The molecule has 1 aliphatic rings. The molecule has 29 heavy (non-hydrogen) atoms. The highest BCUT2D eigenvalue weighted by molar-refractivity contribution is 5.91. The molecule has 0 unspecified atom stereocenters. The van der Waals surface area contributed by atoms with Gasteiger partial charge in [-0.25, -0.2) is 8.78 Å². The van der Waals surface area contributed by atoms with Crippen molar-refractivity contribution in [2.75, 3.05) is 13.2 Å². The van der Waals surface area contributed by atoms with Crippen molar-refractivity contribution in [2.45, 2.75) is 31.4 Å². The van der Waals surface area contributed by atoms with Crippen molar-refractivity contribution >= 4 is 16.8 Å². The predicted molar refractivity (Wildman–Crippen MR) is 105 cm³/mol. The predicted octanol–water partition coefficient (Wildman–Crippen LogP) is 3.31. The largest absolute Gasteiger partial charge is 0.389 e. The van der Waals surface area contributed by atoms with Crippen LogP contribution in [0.25, 0.3) is 22.2 Å². The fourth-order valence-electron chi connectivity index (χ4n) is 3.75. The van der Waals surface area contributed by atoms with Gasteiger partial charge in [-0.3, -0.25) is 4.79 Å². The molecule has 0 saturated carbocycles. The Morgan fingerprint density at radius 2 is 1.93 bits per heavy atom. The summed E-state index contributed by atoms with van der Waals surface area (Å²) in [5.74, 6) is -0.892. The van der Waals surface area contributed by atoms with E-state index in [1.807, 2.05) is 0 Å².